The van der Waals surface area contributed by atoms with Crippen molar-refractivity contribution in [3.05, 3.63) is 28.7 Å². The number of rotatable bonds is 5. The van der Waals surface area contributed by atoms with Gasteiger partial charge >= 0.3 is 11.8 Å². The average Bonchev–Trinajstić information content (AvgIpc) is 2.81. The van der Waals surface area contributed by atoms with Gasteiger partial charge in [0.1, 0.15) is 5.60 Å². The lowest BCUT2D eigenvalue weighted by molar-refractivity contribution is -0.116. The molecule has 1 aromatic heterocycles. The fourth-order valence-electron chi connectivity index (χ4n) is 2.09. The van der Waals surface area contributed by atoms with Gasteiger partial charge in [0.15, 0.2) is 0 Å². The molecule has 0 saturated heterocycles. The Morgan fingerprint density at radius 2 is 1.88 bits per heavy atom. The second-order valence-corrected chi connectivity index (χ2v) is 6.42. The molecule has 0 aliphatic carbocycles. The van der Waals surface area contributed by atoms with Crippen LogP contribution in [0.25, 0.3) is 11.0 Å². The van der Waals surface area contributed by atoms with Crippen LogP contribution in [0.15, 0.2) is 23.0 Å². The molecule has 0 unspecified atom stereocenters. The summed E-state index contributed by atoms with van der Waals surface area (Å²) in [6.07, 6.45) is 0.260. The lowest BCUT2D eigenvalue weighted by Gasteiger charge is -2.19. The van der Waals surface area contributed by atoms with Crippen molar-refractivity contribution in [1.82, 2.24) is 15.3 Å². The zero-order valence-electron chi connectivity index (χ0n) is 14.0. The highest BCUT2D eigenvalue weighted by molar-refractivity contribution is 5.92. The number of aromatic nitrogens is 2. The van der Waals surface area contributed by atoms with Crippen molar-refractivity contribution in [1.29, 1.82) is 0 Å². The molecule has 2 rings (SSSR count). The van der Waals surface area contributed by atoms with E-state index in [2.05, 4.69) is 20.6 Å². The molecule has 24 heavy (non-hydrogen) atoms. The normalized spacial score (nSPS) is 11.3. The van der Waals surface area contributed by atoms with Gasteiger partial charge in [0.25, 0.3) is 0 Å². The number of anilines is 1. The molecular weight excluding hydrogens is 312 g/mol. The number of carbonyl (C=O) groups excluding carboxylic acids is 2. The van der Waals surface area contributed by atoms with Crippen LogP contribution in [0.3, 0.4) is 0 Å². The van der Waals surface area contributed by atoms with Crippen molar-refractivity contribution >= 4 is 28.7 Å². The van der Waals surface area contributed by atoms with Crippen molar-refractivity contribution < 1.29 is 14.3 Å². The average molecular weight is 334 g/mol. The highest BCUT2D eigenvalue weighted by Gasteiger charge is 2.15. The van der Waals surface area contributed by atoms with Crippen LogP contribution in [0.4, 0.5) is 10.5 Å². The summed E-state index contributed by atoms with van der Waals surface area (Å²) in [6, 6.07) is 5.11. The summed E-state index contributed by atoms with van der Waals surface area (Å²) < 4.78 is 5.10. The lowest BCUT2D eigenvalue weighted by Crippen LogP contribution is -2.33. The zero-order valence-corrected chi connectivity index (χ0v) is 14.0. The van der Waals surface area contributed by atoms with Crippen LogP contribution in [-0.4, -0.2) is 34.1 Å². The summed E-state index contributed by atoms with van der Waals surface area (Å²) >= 11 is 0. The summed E-state index contributed by atoms with van der Waals surface area (Å²) in [6.45, 7) is 5.71. The Labute approximate surface area is 139 Å². The van der Waals surface area contributed by atoms with E-state index in [4.69, 9.17) is 4.74 Å². The van der Waals surface area contributed by atoms with Crippen molar-refractivity contribution in [2.75, 3.05) is 11.9 Å². The largest absolute Gasteiger partial charge is 0.444 e. The molecule has 1 aromatic carbocycles. The maximum absolute atomic E-state index is 11.9. The van der Waals surface area contributed by atoms with Crippen LogP contribution < -0.4 is 16.3 Å². The van der Waals surface area contributed by atoms with E-state index in [9.17, 15) is 14.4 Å². The molecule has 130 valence electrons. The molecule has 2 aromatic rings. The van der Waals surface area contributed by atoms with Crippen LogP contribution >= 0.6 is 0 Å². The molecule has 8 heteroatoms. The predicted octanol–water partition coefficient (Wildman–Crippen LogP) is 2.10. The minimum absolute atomic E-state index is 0.168. The van der Waals surface area contributed by atoms with Gasteiger partial charge in [0.05, 0.1) is 11.0 Å². The van der Waals surface area contributed by atoms with E-state index >= 15 is 0 Å². The zero-order chi connectivity index (χ0) is 17.7. The quantitative estimate of drug-likeness (QED) is 0.627. The predicted molar refractivity (Wildman–Crippen MR) is 91.0 cm³/mol. The van der Waals surface area contributed by atoms with Crippen molar-refractivity contribution in [2.45, 2.75) is 39.2 Å². The third kappa shape index (κ3) is 5.45. The molecule has 0 bridgehead atoms. The van der Waals surface area contributed by atoms with Crippen LogP contribution in [-0.2, 0) is 9.53 Å². The maximum Gasteiger partial charge on any atom is 0.407 e. The summed E-state index contributed by atoms with van der Waals surface area (Å²) in [7, 11) is 0. The van der Waals surface area contributed by atoms with Crippen LogP contribution in [0.1, 0.15) is 33.6 Å². The Balaban J connectivity index is 1.74. The number of H-pyrrole nitrogens is 2. The first-order valence-electron chi connectivity index (χ1n) is 7.72. The van der Waals surface area contributed by atoms with E-state index in [-0.39, 0.29) is 18.0 Å². The molecule has 0 spiro atoms. The van der Waals surface area contributed by atoms with Gasteiger partial charge in [0.2, 0.25) is 5.91 Å². The van der Waals surface area contributed by atoms with Crippen molar-refractivity contribution in [3.8, 4) is 0 Å². The van der Waals surface area contributed by atoms with Gasteiger partial charge in [-0.1, -0.05) is 0 Å². The molecule has 0 fully saturated rings. The van der Waals surface area contributed by atoms with E-state index in [1.165, 1.54) is 0 Å². The first-order valence-corrected chi connectivity index (χ1v) is 7.72. The second-order valence-electron chi connectivity index (χ2n) is 6.42. The molecule has 4 N–H and O–H groups in total. The van der Waals surface area contributed by atoms with Gasteiger partial charge in [-0.2, -0.15) is 0 Å². The number of aromatic amines is 2. The van der Waals surface area contributed by atoms with E-state index in [0.29, 0.717) is 29.7 Å². The molecule has 0 radical (unpaired) electrons. The smallest absolute Gasteiger partial charge is 0.407 e. The minimum atomic E-state index is -0.542. The van der Waals surface area contributed by atoms with E-state index < -0.39 is 11.7 Å². The van der Waals surface area contributed by atoms with Crippen LogP contribution in [0.5, 0.6) is 0 Å². The molecule has 0 atom stereocenters. The molecule has 0 aliphatic rings. The number of benzene rings is 1. The summed E-state index contributed by atoms with van der Waals surface area (Å²) in [4.78, 5) is 39.8. The topological polar surface area (TPSA) is 116 Å². The van der Waals surface area contributed by atoms with Crippen molar-refractivity contribution in [2.24, 2.45) is 0 Å². The number of imidazole rings is 1. The minimum Gasteiger partial charge on any atom is -0.444 e. The summed E-state index contributed by atoms with van der Waals surface area (Å²) in [5.74, 6) is -0.168. The van der Waals surface area contributed by atoms with E-state index in [1.54, 1.807) is 39.0 Å². The highest BCUT2D eigenvalue weighted by atomic mass is 16.6. The first kappa shape index (κ1) is 17.6. The van der Waals surface area contributed by atoms with Crippen molar-refractivity contribution in [3.63, 3.8) is 0 Å². The second kappa shape index (κ2) is 7.20. The SMILES string of the molecule is CC(C)(C)OC(=O)NCCCC(=O)Nc1ccc2[nH]c(=O)[nH]c2c1. The third-order valence-electron chi connectivity index (χ3n) is 3.05. The Morgan fingerprint density at radius 3 is 2.58 bits per heavy atom. The number of amides is 2. The molecule has 2 amide bonds. The fraction of sp³-hybridized carbons (Fsp3) is 0.438. The Hall–Kier alpha value is -2.77. The number of alkyl carbamates (subject to hydrolysis) is 1. The number of hydrogen-bond donors (Lipinski definition) is 4. The molecule has 0 saturated carbocycles. The first-order chi connectivity index (χ1) is 11.2. The molecule has 0 aliphatic heterocycles. The fourth-order valence-corrected chi connectivity index (χ4v) is 2.09. The lowest BCUT2D eigenvalue weighted by atomic mass is 10.2. The number of nitrogens with one attached hydrogen (secondary N) is 4. The van der Waals surface area contributed by atoms with E-state index in [0.717, 1.165) is 0 Å². The molecular formula is C16H22N4O4. The molecule has 8 nitrogen and oxygen atoms in total. The van der Waals surface area contributed by atoms with Gasteiger partial charge in [-0.3, -0.25) is 4.79 Å². The Morgan fingerprint density at radius 1 is 1.17 bits per heavy atom. The Bertz CT molecular complexity index is 785. The van der Waals surface area contributed by atoms with Gasteiger partial charge in [0, 0.05) is 18.7 Å². The number of carbonyl (C=O) groups is 2. The van der Waals surface area contributed by atoms with Gasteiger partial charge < -0.3 is 25.3 Å². The summed E-state index contributed by atoms with van der Waals surface area (Å²) in [5, 5.41) is 5.35. The standard InChI is InChI=1S/C16H22N4O4/c1-16(2,3)24-15(23)17-8-4-5-13(21)18-10-6-7-11-12(9-10)20-14(22)19-11/h6-7,9H,4-5,8H2,1-3H3,(H,17,23)(H,18,21)(H2,19,20,22). The maximum atomic E-state index is 11.9. The Kier molecular flexibility index (Phi) is 5.28. The summed E-state index contributed by atoms with van der Waals surface area (Å²) in [5.41, 5.74) is 1.08. The number of fused-ring (bicyclic) bond motifs is 1. The highest BCUT2D eigenvalue weighted by Crippen LogP contribution is 2.14. The van der Waals surface area contributed by atoms with Crippen LogP contribution in [0.2, 0.25) is 0 Å². The van der Waals surface area contributed by atoms with Gasteiger partial charge in [-0.15, -0.1) is 0 Å². The van der Waals surface area contributed by atoms with E-state index in [1.807, 2.05) is 0 Å². The monoisotopic (exact) mass is 334 g/mol. The third-order valence-corrected chi connectivity index (χ3v) is 3.05. The number of ether oxygens (including phenoxy) is 1. The molecule has 1 heterocycles. The number of hydrogen-bond acceptors (Lipinski definition) is 4. The van der Waals surface area contributed by atoms with Crippen LogP contribution in [0, 0.1) is 0 Å². The van der Waals surface area contributed by atoms with Gasteiger partial charge in [-0.25, -0.2) is 9.59 Å². The van der Waals surface area contributed by atoms with Gasteiger partial charge in [-0.05, 0) is 45.4 Å².